The average Bonchev–Trinajstić information content (AvgIpc) is 2.54. The Morgan fingerprint density at radius 3 is 3.13 bits per heavy atom. The zero-order chi connectivity index (χ0) is 10.8. The first-order chi connectivity index (χ1) is 7.24. The van der Waals surface area contributed by atoms with E-state index in [1.54, 1.807) is 17.5 Å². The number of fused-ring (bicyclic) bond motifs is 1. The summed E-state index contributed by atoms with van der Waals surface area (Å²) < 4.78 is 6.80. The van der Waals surface area contributed by atoms with Crippen molar-refractivity contribution in [1.29, 1.82) is 0 Å². The molecule has 2 rings (SSSR count). The molecule has 80 valence electrons. The molecule has 0 spiro atoms. The molecule has 0 aliphatic heterocycles. The third kappa shape index (κ3) is 1.84. The lowest BCUT2D eigenvalue weighted by molar-refractivity contribution is -0.101. The molecule has 0 saturated heterocycles. The summed E-state index contributed by atoms with van der Waals surface area (Å²) in [4.78, 5) is 4.10. The number of aromatic nitrogens is 2. The SMILES string of the molecule is CCOC(O)c1c(Cl)nc2ccccn12. The van der Waals surface area contributed by atoms with Crippen LogP contribution in [0, 0.1) is 0 Å². The van der Waals surface area contributed by atoms with E-state index in [4.69, 9.17) is 16.3 Å². The van der Waals surface area contributed by atoms with Gasteiger partial charge in [0.2, 0.25) is 0 Å². The van der Waals surface area contributed by atoms with E-state index in [1.165, 1.54) is 0 Å². The molecule has 0 aliphatic carbocycles. The topological polar surface area (TPSA) is 46.8 Å². The van der Waals surface area contributed by atoms with Crippen LogP contribution in [0.2, 0.25) is 5.15 Å². The molecule has 0 bridgehead atoms. The molecule has 2 heterocycles. The van der Waals surface area contributed by atoms with Crippen LogP contribution in [0.1, 0.15) is 18.9 Å². The van der Waals surface area contributed by atoms with Crippen molar-refractivity contribution in [1.82, 2.24) is 9.38 Å². The second-order valence-corrected chi connectivity index (χ2v) is 3.38. The number of ether oxygens (including phenoxy) is 1. The number of hydrogen-bond donors (Lipinski definition) is 1. The Bertz CT molecular complexity index is 469. The second-order valence-electron chi connectivity index (χ2n) is 3.02. The predicted octanol–water partition coefficient (Wildman–Crippen LogP) is 2.02. The summed E-state index contributed by atoms with van der Waals surface area (Å²) in [5.74, 6) is 0. The van der Waals surface area contributed by atoms with E-state index < -0.39 is 6.29 Å². The molecule has 1 atom stereocenters. The average molecular weight is 227 g/mol. The van der Waals surface area contributed by atoms with Crippen LogP contribution < -0.4 is 0 Å². The predicted molar refractivity (Wildman–Crippen MR) is 56.8 cm³/mol. The van der Waals surface area contributed by atoms with Crippen molar-refractivity contribution in [2.45, 2.75) is 13.2 Å². The summed E-state index contributed by atoms with van der Waals surface area (Å²) in [5, 5.41) is 9.99. The van der Waals surface area contributed by atoms with Crippen LogP contribution in [0.25, 0.3) is 5.65 Å². The number of aliphatic hydroxyl groups is 1. The molecule has 0 saturated carbocycles. The summed E-state index contributed by atoms with van der Waals surface area (Å²) in [6.07, 6.45) is 0.742. The minimum atomic E-state index is -1.04. The Morgan fingerprint density at radius 2 is 2.40 bits per heavy atom. The van der Waals surface area contributed by atoms with Gasteiger partial charge in [-0.15, -0.1) is 0 Å². The van der Waals surface area contributed by atoms with Gasteiger partial charge in [-0.05, 0) is 19.1 Å². The third-order valence-electron chi connectivity index (χ3n) is 2.08. The molecule has 1 unspecified atom stereocenters. The molecule has 15 heavy (non-hydrogen) atoms. The molecular weight excluding hydrogens is 216 g/mol. The first-order valence-corrected chi connectivity index (χ1v) is 5.04. The van der Waals surface area contributed by atoms with Crippen molar-refractivity contribution in [2.75, 3.05) is 6.61 Å². The summed E-state index contributed by atoms with van der Waals surface area (Å²) in [6.45, 7) is 2.22. The van der Waals surface area contributed by atoms with Crippen LogP contribution in [0.15, 0.2) is 24.4 Å². The molecule has 0 fully saturated rings. The first kappa shape index (κ1) is 10.4. The van der Waals surface area contributed by atoms with Crippen LogP contribution in [0.4, 0.5) is 0 Å². The lowest BCUT2D eigenvalue weighted by Crippen LogP contribution is -2.06. The highest BCUT2D eigenvalue weighted by atomic mass is 35.5. The molecule has 0 aliphatic rings. The molecule has 0 aromatic carbocycles. The number of rotatable bonds is 3. The van der Waals surface area contributed by atoms with Gasteiger partial charge in [-0.3, -0.25) is 4.40 Å². The van der Waals surface area contributed by atoms with Gasteiger partial charge in [0.25, 0.3) is 0 Å². The monoisotopic (exact) mass is 226 g/mol. The molecule has 4 nitrogen and oxygen atoms in total. The minimum absolute atomic E-state index is 0.266. The van der Waals surface area contributed by atoms with Gasteiger partial charge in [0.1, 0.15) is 11.3 Å². The number of aliphatic hydroxyl groups excluding tert-OH is 1. The molecule has 0 radical (unpaired) electrons. The van der Waals surface area contributed by atoms with Gasteiger partial charge in [-0.2, -0.15) is 0 Å². The van der Waals surface area contributed by atoms with Gasteiger partial charge >= 0.3 is 0 Å². The summed E-state index contributed by atoms with van der Waals surface area (Å²) in [5.41, 5.74) is 1.16. The third-order valence-corrected chi connectivity index (χ3v) is 2.36. The highest BCUT2D eigenvalue weighted by Gasteiger charge is 2.18. The Labute approximate surface area is 92.1 Å². The zero-order valence-electron chi connectivity index (χ0n) is 8.22. The highest BCUT2D eigenvalue weighted by molar-refractivity contribution is 6.30. The van der Waals surface area contributed by atoms with Crippen molar-refractivity contribution in [3.63, 3.8) is 0 Å². The van der Waals surface area contributed by atoms with Crippen LogP contribution in [0.5, 0.6) is 0 Å². The summed E-state index contributed by atoms with van der Waals surface area (Å²) in [6, 6.07) is 5.51. The maximum absolute atomic E-state index is 9.72. The number of hydrogen-bond acceptors (Lipinski definition) is 3. The van der Waals surface area contributed by atoms with Crippen molar-refractivity contribution in [3.05, 3.63) is 35.2 Å². The van der Waals surface area contributed by atoms with Crippen LogP contribution in [-0.2, 0) is 4.74 Å². The van der Waals surface area contributed by atoms with Crippen molar-refractivity contribution in [3.8, 4) is 0 Å². The fourth-order valence-corrected chi connectivity index (χ4v) is 1.71. The standard InChI is InChI=1S/C10H11ClN2O2/c1-2-15-10(14)8-9(11)12-7-5-3-4-6-13(7)8/h3-6,10,14H,2H2,1H3. The van der Waals surface area contributed by atoms with Gasteiger partial charge in [-0.1, -0.05) is 17.7 Å². The smallest absolute Gasteiger partial charge is 0.200 e. The lowest BCUT2D eigenvalue weighted by atomic mass is 10.4. The maximum atomic E-state index is 9.72. The van der Waals surface area contributed by atoms with Crippen LogP contribution in [0.3, 0.4) is 0 Å². The number of imidazole rings is 1. The minimum Gasteiger partial charge on any atom is -0.363 e. The van der Waals surface area contributed by atoms with Crippen LogP contribution >= 0.6 is 11.6 Å². The number of nitrogens with zero attached hydrogens (tertiary/aromatic N) is 2. The van der Waals surface area contributed by atoms with E-state index in [0.29, 0.717) is 17.9 Å². The molecule has 5 heteroatoms. The zero-order valence-corrected chi connectivity index (χ0v) is 8.98. The van der Waals surface area contributed by atoms with Gasteiger partial charge < -0.3 is 9.84 Å². The Morgan fingerprint density at radius 1 is 1.60 bits per heavy atom. The van der Waals surface area contributed by atoms with Gasteiger partial charge in [-0.25, -0.2) is 4.98 Å². The highest BCUT2D eigenvalue weighted by Crippen LogP contribution is 2.24. The summed E-state index contributed by atoms with van der Waals surface area (Å²) in [7, 11) is 0. The summed E-state index contributed by atoms with van der Waals surface area (Å²) >= 11 is 5.93. The molecule has 0 amide bonds. The van der Waals surface area contributed by atoms with Gasteiger partial charge in [0, 0.05) is 12.8 Å². The second kappa shape index (κ2) is 4.18. The lowest BCUT2D eigenvalue weighted by Gasteiger charge is -2.10. The Balaban J connectivity index is 2.53. The number of halogens is 1. The van der Waals surface area contributed by atoms with E-state index >= 15 is 0 Å². The quantitative estimate of drug-likeness (QED) is 0.815. The first-order valence-electron chi connectivity index (χ1n) is 4.66. The molecule has 1 N–H and O–H groups in total. The molecule has 2 aromatic rings. The fraction of sp³-hybridized carbons (Fsp3) is 0.300. The van der Waals surface area contributed by atoms with E-state index in [2.05, 4.69) is 4.98 Å². The Kier molecular flexibility index (Phi) is 2.90. The van der Waals surface area contributed by atoms with Gasteiger partial charge in [0.05, 0.1) is 0 Å². The molecule has 2 aromatic heterocycles. The molecular formula is C10H11ClN2O2. The fourth-order valence-electron chi connectivity index (χ4n) is 1.44. The van der Waals surface area contributed by atoms with Gasteiger partial charge in [0.15, 0.2) is 11.4 Å². The van der Waals surface area contributed by atoms with E-state index in [9.17, 15) is 5.11 Å². The van der Waals surface area contributed by atoms with Crippen molar-refractivity contribution >= 4 is 17.2 Å². The van der Waals surface area contributed by atoms with E-state index in [1.807, 2.05) is 18.2 Å². The maximum Gasteiger partial charge on any atom is 0.200 e. The van der Waals surface area contributed by atoms with E-state index in [0.717, 1.165) is 0 Å². The largest absolute Gasteiger partial charge is 0.363 e. The van der Waals surface area contributed by atoms with Crippen molar-refractivity contribution < 1.29 is 9.84 Å². The van der Waals surface area contributed by atoms with E-state index in [-0.39, 0.29) is 5.15 Å². The normalized spacial score (nSPS) is 13.3. The van der Waals surface area contributed by atoms with Crippen LogP contribution in [-0.4, -0.2) is 21.1 Å². The number of pyridine rings is 1. The van der Waals surface area contributed by atoms with Crippen molar-refractivity contribution in [2.24, 2.45) is 0 Å². The Hall–Kier alpha value is -1.10.